The smallest absolute Gasteiger partial charge is 0.254 e. The van der Waals surface area contributed by atoms with Crippen LogP contribution in [0.15, 0.2) is 36.5 Å². The summed E-state index contributed by atoms with van der Waals surface area (Å²) in [7, 11) is 0. The molecule has 25 heavy (non-hydrogen) atoms. The number of amides is 1. The quantitative estimate of drug-likeness (QED) is 0.858. The summed E-state index contributed by atoms with van der Waals surface area (Å²) in [4.78, 5) is 19.2. The molecule has 1 fully saturated rings. The Hall–Kier alpha value is -2.56. The molecule has 0 spiro atoms. The van der Waals surface area contributed by atoms with E-state index in [0.29, 0.717) is 23.1 Å². The van der Waals surface area contributed by atoms with Crippen LogP contribution in [0.1, 0.15) is 40.9 Å². The zero-order valence-electron chi connectivity index (χ0n) is 14.4. The fourth-order valence-electron chi connectivity index (χ4n) is 3.69. The summed E-state index contributed by atoms with van der Waals surface area (Å²) >= 11 is 0. The SMILES string of the molecule is Cc1cc(CC[C@@H]2CCCN2C(=O)c2ccc3c(c2)OCO3)ccn1. The Morgan fingerprint density at radius 2 is 2.12 bits per heavy atom. The molecular weight excluding hydrogens is 316 g/mol. The standard InChI is InChI=1S/C20H22N2O3/c1-14-11-15(8-9-21-14)4-6-17-3-2-10-22(17)20(23)16-5-7-18-19(12-16)25-13-24-18/h5,7-9,11-12,17H,2-4,6,10,13H2,1H3/t17-/m0/s1. The van der Waals surface area contributed by atoms with Crippen LogP contribution in [0.25, 0.3) is 0 Å². The lowest BCUT2D eigenvalue weighted by atomic mass is 10.0. The normalized spacial score (nSPS) is 18.6. The maximum atomic E-state index is 12.9. The van der Waals surface area contributed by atoms with Gasteiger partial charge in [0.1, 0.15) is 0 Å². The van der Waals surface area contributed by atoms with Crippen molar-refractivity contribution in [3.05, 3.63) is 53.3 Å². The van der Waals surface area contributed by atoms with E-state index in [1.165, 1.54) is 5.56 Å². The number of benzene rings is 1. The predicted molar refractivity (Wildman–Crippen MR) is 93.9 cm³/mol. The van der Waals surface area contributed by atoms with Crippen LogP contribution in [-0.2, 0) is 6.42 Å². The average molecular weight is 338 g/mol. The predicted octanol–water partition coefficient (Wildman–Crippen LogP) is 3.36. The summed E-state index contributed by atoms with van der Waals surface area (Å²) in [6, 6.07) is 9.93. The average Bonchev–Trinajstić information content (AvgIpc) is 3.27. The number of ether oxygens (including phenoxy) is 2. The summed E-state index contributed by atoms with van der Waals surface area (Å²) in [6.45, 7) is 3.06. The van der Waals surface area contributed by atoms with E-state index in [9.17, 15) is 4.79 Å². The molecule has 0 N–H and O–H groups in total. The molecule has 3 heterocycles. The van der Waals surface area contributed by atoms with Crippen molar-refractivity contribution >= 4 is 5.91 Å². The van der Waals surface area contributed by atoms with E-state index >= 15 is 0 Å². The van der Waals surface area contributed by atoms with Gasteiger partial charge in [-0.05, 0) is 68.5 Å². The monoisotopic (exact) mass is 338 g/mol. The van der Waals surface area contributed by atoms with Gasteiger partial charge in [0.15, 0.2) is 11.5 Å². The van der Waals surface area contributed by atoms with Gasteiger partial charge in [-0.25, -0.2) is 0 Å². The largest absolute Gasteiger partial charge is 0.454 e. The van der Waals surface area contributed by atoms with E-state index in [2.05, 4.69) is 17.1 Å². The van der Waals surface area contributed by atoms with E-state index in [0.717, 1.165) is 37.9 Å². The molecule has 1 atom stereocenters. The van der Waals surface area contributed by atoms with Gasteiger partial charge in [0.2, 0.25) is 6.79 Å². The molecule has 2 aromatic rings. The molecule has 130 valence electrons. The van der Waals surface area contributed by atoms with Crippen LogP contribution in [0, 0.1) is 6.92 Å². The second kappa shape index (κ2) is 6.75. The first-order chi connectivity index (χ1) is 12.2. The number of aromatic nitrogens is 1. The van der Waals surface area contributed by atoms with Crippen molar-refractivity contribution in [3.8, 4) is 11.5 Å². The Bertz CT molecular complexity index is 790. The first-order valence-corrected chi connectivity index (χ1v) is 8.83. The van der Waals surface area contributed by atoms with Crippen LogP contribution < -0.4 is 9.47 Å². The Morgan fingerprint density at radius 1 is 1.24 bits per heavy atom. The van der Waals surface area contributed by atoms with Gasteiger partial charge in [-0.3, -0.25) is 9.78 Å². The van der Waals surface area contributed by atoms with Gasteiger partial charge in [-0.2, -0.15) is 0 Å². The van der Waals surface area contributed by atoms with E-state index < -0.39 is 0 Å². The number of hydrogen-bond donors (Lipinski definition) is 0. The van der Waals surface area contributed by atoms with Gasteiger partial charge in [0, 0.05) is 30.0 Å². The molecule has 1 aromatic heterocycles. The zero-order chi connectivity index (χ0) is 17.2. The number of carbonyl (C=O) groups excluding carboxylic acids is 1. The first-order valence-electron chi connectivity index (χ1n) is 8.83. The maximum absolute atomic E-state index is 12.9. The molecule has 1 aromatic carbocycles. The Morgan fingerprint density at radius 3 is 3.00 bits per heavy atom. The molecule has 2 aliphatic heterocycles. The van der Waals surface area contributed by atoms with Crippen molar-refractivity contribution in [3.63, 3.8) is 0 Å². The van der Waals surface area contributed by atoms with Crippen molar-refractivity contribution in [1.29, 1.82) is 0 Å². The highest BCUT2D eigenvalue weighted by atomic mass is 16.7. The van der Waals surface area contributed by atoms with Crippen molar-refractivity contribution in [1.82, 2.24) is 9.88 Å². The molecule has 0 bridgehead atoms. The van der Waals surface area contributed by atoms with Crippen molar-refractivity contribution in [2.24, 2.45) is 0 Å². The first kappa shape index (κ1) is 15.9. The van der Waals surface area contributed by atoms with Gasteiger partial charge >= 0.3 is 0 Å². The summed E-state index contributed by atoms with van der Waals surface area (Å²) in [5.74, 6) is 1.46. The number of fused-ring (bicyclic) bond motifs is 1. The van der Waals surface area contributed by atoms with E-state index in [-0.39, 0.29) is 12.7 Å². The third kappa shape index (κ3) is 3.31. The lowest BCUT2D eigenvalue weighted by Gasteiger charge is -2.25. The van der Waals surface area contributed by atoms with Crippen LogP contribution >= 0.6 is 0 Å². The molecule has 0 radical (unpaired) electrons. The number of likely N-dealkylation sites (tertiary alicyclic amines) is 1. The van der Waals surface area contributed by atoms with Crippen LogP contribution in [0.3, 0.4) is 0 Å². The molecule has 4 rings (SSSR count). The van der Waals surface area contributed by atoms with Gasteiger partial charge < -0.3 is 14.4 Å². The summed E-state index contributed by atoms with van der Waals surface area (Å²) < 4.78 is 10.7. The minimum atomic E-state index is 0.0895. The third-order valence-corrected chi connectivity index (χ3v) is 4.98. The Kier molecular flexibility index (Phi) is 4.30. The van der Waals surface area contributed by atoms with E-state index in [1.54, 1.807) is 6.07 Å². The van der Waals surface area contributed by atoms with Crippen molar-refractivity contribution in [2.45, 2.75) is 38.6 Å². The van der Waals surface area contributed by atoms with Crippen LogP contribution in [0.2, 0.25) is 0 Å². The molecule has 2 aliphatic rings. The number of nitrogens with zero attached hydrogens (tertiary/aromatic N) is 2. The van der Waals surface area contributed by atoms with Gasteiger partial charge in [-0.15, -0.1) is 0 Å². The van der Waals surface area contributed by atoms with Crippen molar-refractivity contribution in [2.75, 3.05) is 13.3 Å². The second-order valence-electron chi connectivity index (χ2n) is 6.71. The molecule has 0 unspecified atom stereocenters. The molecule has 1 amide bonds. The topological polar surface area (TPSA) is 51.7 Å². The van der Waals surface area contributed by atoms with Crippen LogP contribution in [0.5, 0.6) is 11.5 Å². The summed E-state index contributed by atoms with van der Waals surface area (Å²) in [5, 5.41) is 0. The number of carbonyl (C=O) groups is 1. The Balaban J connectivity index is 1.44. The molecule has 5 heteroatoms. The number of aryl methyl sites for hydroxylation is 2. The van der Waals surface area contributed by atoms with E-state index in [1.807, 2.05) is 30.2 Å². The number of rotatable bonds is 4. The van der Waals surface area contributed by atoms with Gasteiger partial charge in [-0.1, -0.05) is 0 Å². The molecule has 5 nitrogen and oxygen atoms in total. The molecule has 0 saturated carbocycles. The Labute approximate surface area is 147 Å². The zero-order valence-corrected chi connectivity index (χ0v) is 14.4. The van der Waals surface area contributed by atoms with Crippen molar-refractivity contribution < 1.29 is 14.3 Å². The fraction of sp³-hybridized carbons (Fsp3) is 0.400. The highest BCUT2D eigenvalue weighted by molar-refractivity contribution is 5.95. The van der Waals surface area contributed by atoms with Gasteiger partial charge in [0.05, 0.1) is 0 Å². The van der Waals surface area contributed by atoms with Gasteiger partial charge in [0.25, 0.3) is 5.91 Å². The number of hydrogen-bond acceptors (Lipinski definition) is 4. The number of pyridine rings is 1. The summed E-state index contributed by atoms with van der Waals surface area (Å²) in [6.07, 6.45) is 5.95. The molecule has 1 saturated heterocycles. The minimum Gasteiger partial charge on any atom is -0.454 e. The highest BCUT2D eigenvalue weighted by Crippen LogP contribution is 2.33. The van der Waals surface area contributed by atoms with E-state index in [4.69, 9.17) is 9.47 Å². The fourth-order valence-corrected chi connectivity index (χ4v) is 3.69. The van der Waals surface area contributed by atoms with Crippen LogP contribution in [0.4, 0.5) is 0 Å². The molecule has 0 aliphatic carbocycles. The molecular formula is C20H22N2O3. The lowest BCUT2D eigenvalue weighted by molar-refractivity contribution is 0.0730. The second-order valence-corrected chi connectivity index (χ2v) is 6.71. The van der Waals surface area contributed by atoms with Crippen LogP contribution in [-0.4, -0.2) is 35.2 Å². The maximum Gasteiger partial charge on any atom is 0.254 e. The summed E-state index contributed by atoms with van der Waals surface area (Å²) in [5.41, 5.74) is 3.00. The third-order valence-electron chi connectivity index (χ3n) is 4.98. The lowest BCUT2D eigenvalue weighted by Crippen LogP contribution is -2.35. The minimum absolute atomic E-state index is 0.0895. The highest BCUT2D eigenvalue weighted by Gasteiger charge is 2.30.